The summed E-state index contributed by atoms with van der Waals surface area (Å²) >= 11 is 1.88. The van der Waals surface area contributed by atoms with Gasteiger partial charge in [-0.05, 0) is 39.6 Å². The van der Waals surface area contributed by atoms with Crippen LogP contribution in [0.15, 0.2) is 103 Å². The van der Waals surface area contributed by atoms with Gasteiger partial charge in [0.05, 0.1) is 5.69 Å². The maximum absolute atomic E-state index is 3.73. The van der Waals surface area contributed by atoms with Gasteiger partial charge in [0.25, 0.3) is 0 Å². The van der Waals surface area contributed by atoms with Gasteiger partial charge in [0.15, 0.2) is 0 Å². The van der Waals surface area contributed by atoms with E-state index in [9.17, 15) is 0 Å². The first-order chi connectivity index (χ1) is 16.4. The van der Waals surface area contributed by atoms with E-state index < -0.39 is 0 Å². The van der Waals surface area contributed by atoms with Gasteiger partial charge >= 0.3 is 0 Å². The highest BCUT2D eigenvalue weighted by atomic mass is 32.1. The molecule has 2 heteroatoms. The molecule has 33 heavy (non-hydrogen) atoms. The molecule has 0 atom stereocenters. The lowest BCUT2D eigenvalue weighted by molar-refractivity contribution is 1.32. The van der Waals surface area contributed by atoms with E-state index in [-0.39, 0.29) is 0 Å². The predicted octanol–water partition coefficient (Wildman–Crippen LogP) is 8.98. The van der Waals surface area contributed by atoms with Crippen LogP contribution in [0.2, 0.25) is 0 Å². The number of thiophene rings is 1. The van der Waals surface area contributed by atoms with Crippen molar-refractivity contribution in [3.05, 3.63) is 109 Å². The summed E-state index contributed by atoms with van der Waals surface area (Å²) in [5, 5.41) is 9.01. The molecule has 7 rings (SSSR count). The van der Waals surface area contributed by atoms with Crippen LogP contribution in [0.4, 0.5) is 5.69 Å². The molecule has 0 amide bonds. The zero-order valence-electron chi connectivity index (χ0n) is 18.0. The van der Waals surface area contributed by atoms with Crippen molar-refractivity contribution >= 4 is 54.0 Å². The lowest BCUT2D eigenvalue weighted by atomic mass is 9.84. The minimum atomic E-state index is 0.843. The van der Waals surface area contributed by atoms with Crippen molar-refractivity contribution < 1.29 is 0 Å². The van der Waals surface area contributed by atoms with E-state index in [1.54, 1.807) is 0 Å². The maximum atomic E-state index is 3.73. The molecule has 6 aromatic rings. The molecule has 1 N–H and O–H groups in total. The van der Waals surface area contributed by atoms with E-state index in [0.29, 0.717) is 0 Å². The van der Waals surface area contributed by atoms with Crippen LogP contribution in [-0.2, 0) is 0 Å². The first-order valence-electron chi connectivity index (χ1n) is 11.4. The molecule has 0 fully saturated rings. The second-order valence-corrected chi connectivity index (χ2v) is 9.59. The highest BCUT2D eigenvalue weighted by Crippen LogP contribution is 2.49. The van der Waals surface area contributed by atoms with Crippen LogP contribution in [0.25, 0.3) is 59.3 Å². The maximum Gasteiger partial charge on any atom is 0.0508 e. The van der Waals surface area contributed by atoms with Gasteiger partial charge in [0, 0.05) is 37.8 Å². The van der Waals surface area contributed by atoms with Crippen LogP contribution in [0.5, 0.6) is 0 Å². The van der Waals surface area contributed by atoms with Gasteiger partial charge in [-0.15, -0.1) is 11.3 Å². The van der Waals surface area contributed by atoms with Crippen LogP contribution in [0.3, 0.4) is 0 Å². The Morgan fingerprint density at radius 2 is 1.30 bits per heavy atom. The van der Waals surface area contributed by atoms with Gasteiger partial charge in [-0.25, -0.2) is 0 Å². The Balaban J connectivity index is 1.68. The zero-order chi connectivity index (χ0) is 21.8. The molecule has 0 saturated carbocycles. The summed E-state index contributed by atoms with van der Waals surface area (Å²) in [4.78, 5) is 0. The van der Waals surface area contributed by atoms with Crippen molar-refractivity contribution in [3.8, 4) is 22.3 Å². The zero-order valence-corrected chi connectivity index (χ0v) is 18.8. The van der Waals surface area contributed by atoms with Crippen molar-refractivity contribution in [3.63, 3.8) is 0 Å². The van der Waals surface area contributed by atoms with E-state index in [4.69, 9.17) is 0 Å². The lowest BCUT2D eigenvalue weighted by Gasteiger charge is -2.25. The summed E-state index contributed by atoms with van der Waals surface area (Å²) in [7, 11) is 0. The van der Waals surface area contributed by atoms with Crippen LogP contribution < -0.4 is 5.32 Å². The molecule has 0 bridgehead atoms. The molecule has 0 unspecified atom stereocenters. The number of hydrogen-bond acceptors (Lipinski definition) is 2. The minimum absolute atomic E-state index is 0.843. The number of benzene rings is 5. The summed E-state index contributed by atoms with van der Waals surface area (Å²) < 4.78 is 2.68. The number of hydrogen-bond donors (Lipinski definition) is 1. The van der Waals surface area contributed by atoms with Crippen molar-refractivity contribution in [1.82, 2.24) is 0 Å². The van der Waals surface area contributed by atoms with Gasteiger partial charge in [-0.2, -0.15) is 0 Å². The Kier molecular flexibility index (Phi) is 4.15. The van der Waals surface area contributed by atoms with E-state index in [2.05, 4.69) is 115 Å². The Morgan fingerprint density at radius 1 is 0.606 bits per heavy atom. The quantitative estimate of drug-likeness (QED) is 0.284. The Labute approximate surface area is 196 Å². The molecule has 0 saturated heterocycles. The normalized spacial score (nSPS) is 12.8. The lowest BCUT2D eigenvalue weighted by Crippen LogP contribution is -2.08. The molecule has 1 nitrogen and oxygen atoms in total. The second-order valence-electron chi connectivity index (χ2n) is 8.51. The van der Waals surface area contributed by atoms with Crippen molar-refractivity contribution in [1.29, 1.82) is 0 Å². The topological polar surface area (TPSA) is 12.0 Å². The molecule has 1 aliphatic rings. The molecule has 0 aliphatic carbocycles. The Morgan fingerprint density at radius 3 is 2.15 bits per heavy atom. The third-order valence-corrected chi connectivity index (χ3v) is 7.81. The predicted molar refractivity (Wildman–Crippen MR) is 145 cm³/mol. The summed E-state index contributed by atoms with van der Waals surface area (Å²) in [6.07, 6.45) is 4.55. The van der Waals surface area contributed by atoms with Crippen LogP contribution >= 0.6 is 11.3 Å². The van der Waals surface area contributed by atoms with E-state index in [1.807, 2.05) is 11.3 Å². The molecule has 1 aliphatic heterocycles. The summed E-state index contributed by atoms with van der Waals surface area (Å²) in [5.41, 5.74) is 7.67. The molecule has 2 heterocycles. The smallest absolute Gasteiger partial charge is 0.0508 e. The fraction of sp³-hybridized carbons (Fsp3) is 0.0323. The van der Waals surface area contributed by atoms with Crippen molar-refractivity contribution in [2.75, 3.05) is 11.9 Å². The van der Waals surface area contributed by atoms with E-state index in [0.717, 1.165) is 6.54 Å². The molecule has 1 aromatic heterocycles. The van der Waals surface area contributed by atoms with E-state index in [1.165, 1.54) is 64.4 Å². The molecule has 0 spiro atoms. The highest BCUT2D eigenvalue weighted by molar-refractivity contribution is 7.25. The molecule has 5 aromatic carbocycles. The fourth-order valence-corrected chi connectivity index (χ4v) is 6.46. The molecular weight excluding hydrogens is 418 g/mol. The Bertz CT molecular complexity index is 1710. The summed E-state index contributed by atoms with van der Waals surface area (Å²) in [6, 6.07) is 35.2. The Hall–Kier alpha value is -3.88. The fourth-order valence-electron chi connectivity index (χ4n) is 5.32. The van der Waals surface area contributed by atoms with Crippen molar-refractivity contribution in [2.24, 2.45) is 0 Å². The first-order valence-corrected chi connectivity index (χ1v) is 12.2. The standard InChI is InChI=1S/C31H21NS/c1-2-10-20(11-3-1)28-21-12-4-5-13-22(21)29(25-16-9-19-32-31(25)28)24-15-8-18-27-30(24)23-14-6-7-17-26(23)33-27/h1-18,32H,19H2. The van der Waals surface area contributed by atoms with Gasteiger partial charge in [0.1, 0.15) is 0 Å². The third-order valence-electron chi connectivity index (χ3n) is 6.67. The number of anilines is 1. The number of rotatable bonds is 2. The van der Waals surface area contributed by atoms with Gasteiger partial charge < -0.3 is 5.32 Å². The monoisotopic (exact) mass is 439 g/mol. The molecular formula is C31H21NS. The van der Waals surface area contributed by atoms with Gasteiger partial charge in [0.2, 0.25) is 0 Å². The van der Waals surface area contributed by atoms with Gasteiger partial charge in [-0.1, -0.05) is 97.1 Å². The average Bonchev–Trinajstić information content (AvgIpc) is 3.27. The number of nitrogens with one attached hydrogen (secondary N) is 1. The first kappa shape index (κ1) is 18.7. The van der Waals surface area contributed by atoms with Crippen molar-refractivity contribution in [2.45, 2.75) is 0 Å². The molecule has 156 valence electrons. The molecule has 0 radical (unpaired) electrons. The summed E-state index contributed by atoms with van der Waals surface area (Å²) in [6.45, 7) is 0.843. The van der Waals surface area contributed by atoms with Crippen LogP contribution in [0.1, 0.15) is 5.56 Å². The highest BCUT2D eigenvalue weighted by Gasteiger charge is 2.23. The second kappa shape index (κ2) is 7.33. The van der Waals surface area contributed by atoms with Crippen LogP contribution in [-0.4, -0.2) is 6.54 Å². The average molecular weight is 440 g/mol. The van der Waals surface area contributed by atoms with E-state index >= 15 is 0 Å². The SMILES string of the molecule is C1=Cc2c(c(-c3ccccc3)c3ccccc3c2-c2cccc3sc4ccccc4c23)NC1. The number of fused-ring (bicyclic) bond motifs is 5. The summed E-state index contributed by atoms with van der Waals surface area (Å²) in [5.74, 6) is 0. The van der Waals surface area contributed by atoms with Crippen LogP contribution in [0, 0.1) is 0 Å². The largest absolute Gasteiger partial charge is 0.381 e. The minimum Gasteiger partial charge on any atom is -0.381 e. The van der Waals surface area contributed by atoms with Gasteiger partial charge in [-0.3, -0.25) is 0 Å². The third kappa shape index (κ3) is 2.78.